The van der Waals surface area contributed by atoms with Crippen LogP contribution in [0.1, 0.15) is 22.3 Å². The maximum absolute atomic E-state index is 4.99. The first kappa shape index (κ1) is 29.2. The summed E-state index contributed by atoms with van der Waals surface area (Å²) in [5.74, 6) is 0. The molecule has 4 heterocycles. The summed E-state index contributed by atoms with van der Waals surface area (Å²) in [5.41, 5.74) is 14.5. The van der Waals surface area contributed by atoms with Gasteiger partial charge in [-0.3, -0.25) is 19.9 Å². The minimum atomic E-state index is -0.695. The monoisotopic (exact) mass is 650 g/mol. The van der Waals surface area contributed by atoms with Crippen LogP contribution < -0.4 is 0 Å². The van der Waals surface area contributed by atoms with Crippen LogP contribution in [0.4, 0.5) is 0 Å². The molecule has 5 aromatic carbocycles. The Bertz CT molecular complexity index is 2710. The van der Waals surface area contributed by atoms with E-state index < -0.39 is 5.41 Å². The molecular weight excluding hydrogens is 621 g/mol. The molecule has 1 aliphatic rings. The van der Waals surface area contributed by atoms with Crippen molar-refractivity contribution < 1.29 is 0 Å². The Balaban J connectivity index is 1.33. The molecule has 0 saturated heterocycles. The van der Waals surface area contributed by atoms with Gasteiger partial charge in [-0.15, -0.1) is 0 Å². The Labute approximate surface area is 295 Å². The summed E-state index contributed by atoms with van der Waals surface area (Å²) < 4.78 is 0. The summed E-state index contributed by atoms with van der Waals surface area (Å²) in [5, 5.41) is 2.13. The maximum atomic E-state index is 4.99. The number of benzene rings is 5. The van der Waals surface area contributed by atoms with E-state index in [0.29, 0.717) is 0 Å². The van der Waals surface area contributed by atoms with Gasteiger partial charge in [-0.05, 0) is 105 Å². The highest BCUT2D eigenvalue weighted by Gasteiger charge is 2.46. The molecule has 9 aromatic rings. The van der Waals surface area contributed by atoms with Gasteiger partial charge in [-0.1, -0.05) is 97.1 Å². The van der Waals surface area contributed by atoms with Crippen molar-refractivity contribution in [1.82, 2.24) is 19.9 Å². The summed E-state index contributed by atoms with van der Waals surface area (Å²) in [4.78, 5) is 19.7. The number of fused-ring (bicyclic) bond motifs is 5. The quantitative estimate of drug-likeness (QED) is 0.186. The van der Waals surface area contributed by atoms with Gasteiger partial charge in [-0.25, -0.2) is 0 Å². The zero-order valence-electron chi connectivity index (χ0n) is 27.6. The molecule has 0 radical (unpaired) electrons. The van der Waals surface area contributed by atoms with Crippen LogP contribution in [-0.2, 0) is 5.41 Å². The first-order valence-corrected chi connectivity index (χ1v) is 17.2. The van der Waals surface area contributed by atoms with E-state index in [2.05, 4.69) is 127 Å². The van der Waals surface area contributed by atoms with Crippen molar-refractivity contribution in [2.45, 2.75) is 5.41 Å². The summed E-state index contributed by atoms with van der Waals surface area (Å²) >= 11 is 0. The van der Waals surface area contributed by atoms with E-state index in [1.807, 2.05) is 55.1 Å². The van der Waals surface area contributed by atoms with Crippen molar-refractivity contribution in [2.75, 3.05) is 0 Å². The highest BCUT2D eigenvalue weighted by atomic mass is 14.7. The molecule has 0 amide bonds. The second-order valence-corrected chi connectivity index (χ2v) is 13.0. The molecule has 0 fully saturated rings. The highest BCUT2D eigenvalue weighted by molar-refractivity contribution is 5.99. The third-order valence-corrected chi connectivity index (χ3v) is 10.3. The first-order chi connectivity index (χ1) is 25.3. The van der Waals surface area contributed by atoms with Crippen LogP contribution in [-0.4, -0.2) is 19.9 Å². The highest BCUT2D eigenvalue weighted by Crippen LogP contribution is 2.57. The lowest BCUT2D eigenvalue weighted by Crippen LogP contribution is -2.29. The lowest BCUT2D eigenvalue weighted by molar-refractivity contribution is 0.771. The van der Waals surface area contributed by atoms with Crippen LogP contribution in [0.5, 0.6) is 0 Å². The molecule has 0 N–H and O–H groups in total. The fourth-order valence-corrected chi connectivity index (χ4v) is 8.16. The van der Waals surface area contributed by atoms with Gasteiger partial charge >= 0.3 is 0 Å². The van der Waals surface area contributed by atoms with Gasteiger partial charge in [0.05, 0.1) is 27.8 Å². The molecule has 4 heteroatoms. The van der Waals surface area contributed by atoms with Gasteiger partial charge < -0.3 is 0 Å². The SMILES string of the molecule is c1ccc(-c2ccnc(-c3cc(C4(c5cc(-c6ccccn6)c6cccnc6c5)c5ccccc5-c5ccccc54)cc4ncccc34)c2)cc1. The van der Waals surface area contributed by atoms with Gasteiger partial charge in [0.1, 0.15) is 0 Å². The van der Waals surface area contributed by atoms with Crippen molar-refractivity contribution >= 4 is 21.8 Å². The predicted octanol–water partition coefficient (Wildman–Crippen LogP) is 10.9. The van der Waals surface area contributed by atoms with Crippen molar-refractivity contribution in [3.63, 3.8) is 0 Å². The van der Waals surface area contributed by atoms with Crippen LogP contribution in [0, 0.1) is 0 Å². The van der Waals surface area contributed by atoms with Crippen LogP contribution in [0.2, 0.25) is 0 Å². The van der Waals surface area contributed by atoms with Crippen molar-refractivity contribution in [3.8, 4) is 44.8 Å². The second kappa shape index (κ2) is 11.7. The Hall–Kier alpha value is -6.78. The van der Waals surface area contributed by atoms with Crippen molar-refractivity contribution in [3.05, 3.63) is 205 Å². The summed E-state index contributed by atoms with van der Waals surface area (Å²) in [6, 6.07) is 56.1. The van der Waals surface area contributed by atoms with E-state index in [-0.39, 0.29) is 0 Å². The Morgan fingerprint density at radius 3 is 1.51 bits per heavy atom. The van der Waals surface area contributed by atoms with E-state index >= 15 is 0 Å². The Morgan fingerprint density at radius 1 is 0.333 bits per heavy atom. The first-order valence-electron chi connectivity index (χ1n) is 17.2. The van der Waals surface area contributed by atoms with Gasteiger partial charge in [-0.2, -0.15) is 0 Å². The molecule has 0 bridgehead atoms. The Morgan fingerprint density at radius 2 is 0.882 bits per heavy atom. The number of pyridine rings is 4. The Kier molecular flexibility index (Phi) is 6.68. The summed E-state index contributed by atoms with van der Waals surface area (Å²) in [6.45, 7) is 0. The van der Waals surface area contributed by atoms with Crippen LogP contribution in [0.25, 0.3) is 66.6 Å². The molecule has 51 heavy (non-hydrogen) atoms. The summed E-state index contributed by atoms with van der Waals surface area (Å²) in [6.07, 6.45) is 7.53. The molecule has 0 atom stereocenters. The van der Waals surface area contributed by atoms with Gasteiger partial charge in [0.15, 0.2) is 0 Å². The maximum Gasteiger partial charge on any atom is 0.0715 e. The minimum Gasteiger partial charge on any atom is -0.256 e. The molecule has 0 aliphatic heterocycles. The number of aromatic nitrogens is 4. The van der Waals surface area contributed by atoms with E-state index in [4.69, 9.17) is 19.9 Å². The standard InChI is InChI=1S/C47H30N4/c1-2-12-31(13-3-1)32-21-25-51-44(26-32)40-28-34(30-46-38(40)17-11-24-50-46)47(41-18-6-4-14-35(41)36-15-5-7-19-42(36)47)33-27-39(43-20-8-9-22-48-43)37-16-10-23-49-45(37)29-33/h1-30H. The average molecular weight is 651 g/mol. The van der Waals surface area contributed by atoms with E-state index in [9.17, 15) is 0 Å². The van der Waals surface area contributed by atoms with Gasteiger partial charge in [0, 0.05) is 46.7 Å². The summed E-state index contributed by atoms with van der Waals surface area (Å²) in [7, 11) is 0. The number of hydrogen-bond donors (Lipinski definition) is 0. The van der Waals surface area contributed by atoms with Crippen LogP contribution >= 0.6 is 0 Å². The second-order valence-electron chi connectivity index (χ2n) is 13.0. The molecule has 1 aliphatic carbocycles. The lowest BCUT2D eigenvalue weighted by Gasteiger charge is -2.35. The fourth-order valence-electron chi connectivity index (χ4n) is 8.16. The third-order valence-electron chi connectivity index (χ3n) is 10.3. The zero-order chi connectivity index (χ0) is 33.8. The number of nitrogens with zero attached hydrogens (tertiary/aromatic N) is 4. The molecule has 0 spiro atoms. The molecule has 4 nitrogen and oxygen atoms in total. The minimum absolute atomic E-state index is 0.695. The number of hydrogen-bond acceptors (Lipinski definition) is 4. The third kappa shape index (κ3) is 4.54. The lowest BCUT2D eigenvalue weighted by atomic mass is 9.66. The fraction of sp³-hybridized carbons (Fsp3) is 0.0213. The molecule has 4 aromatic heterocycles. The van der Waals surface area contributed by atoms with E-state index in [1.54, 1.807) is 0 Å². The van der Waals surface area contributed by atoms with Crippen molar-refractivity contribution in [2.24, 2.45) is 0 Å². The molecule has 0 saturated carbocycles. The molecule has 0 unspecified atom stereocenters. The molecular formula is C47H30N4. The molecule has 238 valence electrons. The average Bonchev–Trinajstić information content (AvgIpc) is 3.52. The molecule has 10 rings (SSSR count). The smallest absolute Gasteiger partial charge is 0.0715 e. The van der Waals surface area contributed by atoms with Crippen molar-refractivity contribution in [1.29, 1.82) is 0 Å². The topological polar surface area (TPSA) is 51.6 Å². The van der Waals surface area contributed by atoms with E-state index in [0.717, 1.165) is 66.6 Å². The van der Waals surface area contributed by atoms with Gasteiger partial charge in [0.2, 0.25) is 0 Å². The predicted molar refractivity (Wildman–Crippen MR) is 206 cm³/mol. The normalized spacial score (nSPS) is 12.9. The number of rotatable bonds is 5. The zero-order valence-corrected chi connectivity index (χ0v) is 27.6. The van der Waals surface area contributed by atoms with E-state index in [1.165, 1.54) is 22.3 Å². The van der Waals surface area contributed by atoms with Gasteiger partial charge in [0.25, 0.3) is 0 Å². The van der Waals surface area contributed by atoms with Crippen LogP contribution in [0.15, 0.2) is 183 Å². The largest absolute Gasteiger partial charge is 0.256 e. The van der Waals surface area contributed by atoms with Crippen LogP contribution in [0.3, 0.4) is 0 Å².